The number of amides is 2. The van der Waals surface area contributed by atoms with Gasteiger partial charge >= 0.3 is 5.97 Å². The molecule has 23 heavy (non-hydrogen) atoms. The van der Waals surface area contributed by atoms with Crippen LogP contribution in [0, 0.1) is 5.92 Å². The predicted molar refractivity (Wildman–Crippen MR) is 89.1 cm³/mol. The summed E-state index contributed by atoms with van der Waals surface area (Å²) in [7, 11) is 1.46. The van der Waals surface area contributed by atoms with E-state index in [2.05, 4.69) is 15.9 Å². The van der Waals surface area contributed by atoms with Crippen LogP contribution in [0.4, 0.5) is 5.69 Å². The van der Waals surface area contributed by atoms with Gasteiger partial charge in [0.05, 0.1) is 11.6 Å². The van der Waals surface area contributed by atoms with Crippen LogP contribution in [0.1, 0.15) is 20.3 Å². The summed E-state index contributed by atoms with van der Waals surface area (Å²) in [4.78, 5) is 38.9. The molecule has 7 heteroatoms. The van der Waals surface area contributed by atoms with Gasteiger partial charge in [-0.15, -0.1) is 0 Å². The summed E-state index contributed by atoms with van der Waals surface area (Å²) in [6.07, 6.45) is 0.0835. The van der Waals surface area contributed by atoms with E-state index in [9.17, 15) is 19.5 Å². The second-order valence-corrected chi connectivity index (χ2v) is 6.97. The highest BCUT2D eigenvalue weighted by molar-refractivity contribution is 9.10. The van der Waals surface area contributed by atoms with Crippen LogP contribution >= 0.6 is 15.9 Å². The summed E-state index contributed by atoms with van der Waals surface area (Å²) in [5, 5.41) is 9.24. The number of anilines is 1. The second kappa shape index (κ2) is 6.31. The Kier molecular flexibility index (Phi) is 4.79. The number of benzene rings is 1. The molecule has 0 bridgehead atoms. The molecule has 1 aliphatic heterocycles. The number of hydrogen-bond acceptors (Lipinski definition) is 3. The van der Waals surface area contributed by atoms with Crippen LogP contribution in [0.25, 0.3) is 0 Å². The van der Waals surface area contributed by atoms with E-state index in [-0.39, 0.29) is 24.8 Å². The van der Waals surface area contributed by atoms with Crippen molar-refractivity contribution in [2.75, 3.05) is 18.5 Å². The number of likely N-dealkylation sites (N-methyl/N-ethyl adjacent to an activating group) is 1. The average Bonchev–Trinajstić information content (AvgIpc) is 2.87. The molecule has 1 N–H and O–H groups in total. The highest BCUT2D eigenvalue weighted by Gasteiger charge is 2.42. The van der Waals surface area contributed by atoms with Crippen molar-refractivity contribution in [1.82, 2.24) is 4.90 Å². The number of carbonyl (C=O) groups excluding carboxylic acids is 2. The first-order valence-corrected chi connectivity index (χ1v) is 8.01. The minimum Gasteiger partial charge on any atom is -0.480 e. The van der Waals surface area contributed by atoms with Gasteiger partial charge in [-0.25, -0.2) is 4.79 Å². The van der Waals surface area contributed by atoms with Crippen LogP contribution in [-0.2, 0) is 14.4 Å². The monoisotopic (exact) mass is 382 g/mol. The minimum absolute atomic E-state index is 0.0835. The third-order valence-electron chi connectivity index (χ3n) is 4.31. The first-order valence-electron chi connectivity index (χ1n) is 7.22. The van der Waals surface area contributed by atoms with Crippen LogP contribution in [0.15, 0.2) is 28.7 Å². The lowest BCUT2D eigenvalue weighted by Crippen LogP contribution is -2.52. The van der Waals surface area contributed by atoms with E-state index in [1.54, 1.807) is 11.0 Å². The Morgan fingerprint density at radius 1 is 1.35 bits per heavy atom. The zero-order valence-electron chi connectivity index (χ0n) is 13.2. The fraction of sp³-hybridized carbons (Fsp3) is 0.438. The van der Waals surface area contributed by atoms with Crippen molar-refractivity contribution < 1.29 is 19.5 Å². The first kappa shape index (κ1) is 17.5. The van der Waals surface area contributed by atoms with Crippen molar-refractivity contribution in [3.8, 4) is 0 Å². The fourth-order valence-electron chi connectivity index (χ4n) is 2.47. The Morgan fingerprint density at radius 3 is 2.52 bits per heavy atom. The van der Waals surface area contributed by atoms with Gasteiger partial charge in [0.2, 0.25) is 11.8 Å². The Bertz CT molecular complexity index is 659. The highest BCUT2D eigenvalue weighted by Crippen LogP contribution is 2.32. The third-order valence-corrected chi connectivity index (χ3v) is 4.98. The molecule has 1 aliphatic rings. The van der Waals surface area contributed by atoms with Gasteiger partial charge in [-0.1, -0.05) is 12.1 Å². The summed E-state index contributed by atoms with van der Waals surface area (Å²) in [5.41, 5.74) is -0.603. The van der Waals surface area contributed by atoms with Crippen LogP contribution in [0.2, 0.25) is 0 Å². The van der Waals surface area contributed by atoms with Crippen molar-refractivity contribution in [2.45, 2.75) is 25.8 Å². The largest absolute Gasteiger partial charge is 0.480 e. The van der Waals surface area contributed by atoms with E-state index in [4.69, 9.17) is 0 Å². The topological polar surface area (TPSA) is 77.9 Å². The molecule has 2 amide bonds. The van der Waals surface area contributed by atoms with Gasteiger partial charge in [-0.3, -0.25) is 9.59 Å². The number of carbonyl (C=O) groups is 3. The average molecular weight is 383 g/mol. The number of hydrogen-bond donors (Lipinski definition) is 1. The van der Waals surface area contributed by atoms with E-state index in [1.807, 2.05) is 18.2 Å². The molecule has 1 unspecified atom stereocenters. The number of carboxylic acid groups (broad SMARTS) is 1. The first-order chi connectivity index (χ1) is 10.7. The van der Waals surface area contributed by atoms with Crippen LogP contribution in [-0.4, -0.2) is 46.9 Å². The Hall–Kier alpha value is -1.89. The van der Waals surface area contributed by atoms with E-state index >= 15 is 0 Å². The normalized spacial score (nSPS) is 18.2. The molecule has 0 aromatic heterocycles. The SMILES string of the molecule is CN(C(=O)C1CC(=O)N(c2ccccc2Br)C1)C(C)(C)C(=O)O. The lowest BCUT2D eigenvalue weighted by molar-refractivity contribution is -0.156. The van der Waals surface area contributed by atoms with Crippen molar-refractivity contribution in [2.24, 2.45) is 5.92 Å². The molecular formula is C16H19BrN2O4. The Morgan fingerprint density at radius 2 is 1.96 bits per heavy atom. The van der Waals surface area contributed by atoms with E-state index in [0.717, 1.165) is 4.47 Å². The number of nitrogens with zero attached hydrogens (tertiary/aromatic N) is 2. The summed E-state index contributed by atoms with van der Waals surface area (Å²) >= 11 is 3.40. The van der Waals surface area contributed by atoms with Gasteiger partial charge in [0, 0.05) is 24.5 Å². The summed E-state index contributed by atoms with van der Waals surface area (Å²) in [6.45, 7) is 3.19. The third kappa shape index (κ3) is 3.24. The molecule has 0 radical (unpaired) electrons. The van der Waals surface area contributed by atoms with Gasteiger partial charge < -0.3 is 14.9 Å². The molecule has 1 saturated heterocycles. The zero-order valence-corrected chi connectivity index (χ0v) is 14.8. The van der Waals surface area contributed by atoms with Gasteiger partial charge in [-0.2, -0.15) is 0 Å². The number of carboxylic acids is 1. The molecule has 6 nitrogen and oxygen atoms in total. The smallest absolute Gasteiger partial charge is 0.329 e. The van der Waals surface area contributed by atoms with Crippen LogP contribution in [0.5, 0.6) is 0 Å². The standard InChI is InChI=1S/C16H19BrN2O4/c1-16(2,15(22)23)18(3)14(21)10-8-13(20)19(9-10)12-7-5-4-6-11(12)17/h4-7,10H,8-9H2,1-3H3,(H,22,23). The molecular weight excluding hydrogens is 364 g/mol. The maximum absolute atomic E-state index is 12.6. The fourth-order valence-corrected chi connectivity index (χ4v) is 2.97. The molecule has 1 fully saturated rings. The lowest BCUT2D eigenvalue weighted by atomic mass is 10.00. The van der Waals surface area contributed by atoms with E-state index < -0.39 is 17.4 Å². The number of halogens is 1. The molecule has 2 rings (SSSR count). The summed E-state index contributed by atoms with van der Waals surface area (Å²) < 4.78 is 0.778. The Labute approximate surface area is 143 Å². The molecule has 1 atom stereocenters. The van der Waals surface area contributed by atoms with Gasteiger partial charge in [-0.05, 0) is 41.9 Å². The van der Waals surface area contributed by atoms with Gasteiger partial charge in [0.15, 0.2) is 0 Å². The molecule has 0 spiro atoms. The predicted octanol–water partition coefficient (Wildman–Crippen LogP) is 2.12. The van der Waals surface area contributed by atoms with Gasteiger partial charge in [0.1, 0.15) is 5.54 Å². The van der Waals surface area contributed by atoms with Crippen LogP contribution < -0.4 is 4.90 Å². The van der Waals surface area contributed by atoms with E-state index in [0.29, 0.717) is 5.69 Å². The summed E-state index contributed by atoms with van der Waals surface area (Å²) in [5.74, 6) is -2.10. The van der Waals surface area contributed by atoms with Crippen molar-refractivity contribution in [3.05, 3.63) is 28.7 Å². The number of aliphatic carboxylic acids is 1. The Balaban J connectivity index is 2.18. The molecule has 1 aromatic rings. The van der Waals surface area contributed by atoms with Crippen LogP contribution in [0.3, 0.4) is 0 Å². The van der Waals surface area contributed by atoms with Crippen molar-refractivity contribution in [3.63, 3.8) is 0 Å². The van der Waals surface area contributed by atoms with E-state index in [1.165, 1.54) is 25.8 Å². The quantitative estimate of drug-likeness (QED) is 0.864. The minimum atomic E-state index is -1.32. The molecule has 1 heterocycles. The maximum atomic E-state index is 12.6. The highest BCUT2D eigenvalue weighted by atomic mass is 79.9. The number of rotatable bonds is 4. The maximum Gasteiger partial charge on any atom is 0.329 e. The summed E-state index contributed by atoms with van der Waals surface area (Å²) in [6, 6.07) is 7.30. The number of para-hydroxylation sites is 1. The van der Waals surface area contributed by atoms with Crippen molar-refractivity contribution >= 4 is 39.4 Å². The van der Waals surface area contributed by atoms with Gasteiger partial charge in [0.25, 0.3) is 0 Å². The molecule has 124 valence electrons. The zero-order chi connectivity index (χ0) is 17.4. The molecule has 1 aromatic carbocycles. The lowest BCUT2D eigenvalue weighted by Gasteiger charge is -2.33. The molecule has 0 saturated carbocycles. The van der Waals surface area contributed by atoms with Crippen molar-refractivity contribution in [1.29, 1.82) is 0 Å². The second-order valence-electron chi connectivity index (χ2n) is 6.12. The molecule has 0 aliphatic carbocycles.